The zero-order valence-electron chi connectivity index (χ0n) is 11.8. The summed E-state index contributed by atoms with van der Waals surface area (Å²) in [7, 11) is -1.99. The molecule has 2 saturated carbocycles. The highest BCUT2D eigenvalue weighted by Crippen LogP contribution is 2.61. The third-order valence-corrected chi connectivity index (χ3v) is 9.90. The third-order valence-electron chi connectivity index (χ3n) is 4.63. The Morgan fingerprint density at radius 1 is 1.00 bits per heavy atom. The van der Waals surface area contributed by atoms with Crippen LogP contribution in [0.15, 0.2) is 0 Å². The maximum Gasteiger partial charge on any atom is 0.347 e. The van der Waals surface area contributed by atoms with Crippen molar-refractivity contribution < 1.29 is 8.85 Å². The first-order chi connectivity index (χ1) is 8.18. The van der Waals surface area contributed by atoms with Gasteiger partial charge in [0.2, 0.25) is 0 Å². The van der Waals surface area contributed by atoms with Crippen molar-refractivity contribution in [2.45, 2.75) is 76.3 Å². The summed E-state index contributed by atoms with van der Waals surface area (Å²) < 4.78 is 12.7. The van der Waals surface area contributed by atoms with Crippen molar-refractivity contribution in [2.24, 2.45) is 0 Å². The lowest BCUT2D eigenvalue weighted by Crippen LogP contribution is -2.54. The molecule has 0 bridgehead atoms. The average Bonchev–Trinajstić information content (AvgIpc) is 3.13. The van der Waals surface area contributed by atoms with E-state index in [4.69, 9.17) is 8.85 Å². The lowest BCUT2D eigenvalue weighted by atomic mass is 9.90. The van der Waals surface area contributed by atoms with Crippen LogP contribution in [0.25, 0.3) is 0 Å². The van der Waals surface area contributed by atoms with Crippen molar-refractivity contribution in [3.8, 4) is 0 Å². The predicted octanol–water partition coefficient (Wildman–Crippen LogP) is 4.39. The molecule has 2 nitrogen and oxygen atoms in total. The predicted molar refractivity (Wildman–Crippen MR) is 73.4 cm³/mol. The molecule has 0 aromatic carbocycles. The highest BCUT2D eigenvalue weighted by Gasteiger charge is 2.62. The molecule has 2 aliphatic carbocycles. The summed E-state index contributed by atoms with van der Waals surface area (Å²) in [4.78, 5) is 0. The molecule has 0 radical (unpaired) electrons. The SMILES string of the molecule is CCO[Si](OCC)(C1CC1)C1(C)CCCCC1. The van der Waals surface area contributed by atoms with Crippen molar-refractivity contribution in [3.05, 3.63) is 0 Å². The van der Waals surface area contributed by atoms with Gasteiger partial charge in [-0.3, -0.25) is 0 Å². The van der Waals surface area contributed by atoms with Crippen molar-refractivity contribution >= 4 is 8.56 Å². The van der Waals surface area contributed by atoms with Gasteiger partial charge in [0, 0.05) is 23.8 Å². The molecule has 0 unspecified atom stereocenters. The highest BCUT2D eigenvalue weighted by molar-refractivity contribution is 6.73. The normalized spacial score (nSPS) is 24.9. The lowest BCUT2D eigenvalue weighted by molar-refractivity contribution is 0.138. The molecule has 0 aromatic rings. The van der Waals surface area contributed by atoms with Crippen LogP contribution in [-0.4, -0.2) is 21.8 Å². The Morgan fingerprint density at radius 2 is 1.53 bits per heavy atom. The van der Waals surface area contributed by atoms with Crippen LogP contribution in [0, 0.1) is 0 Å². The van der Waals surface area contributed by atoms with E-state index in [1.165, 1.54) is 44.9 Å². The fraction of sp³-hybridized carbons (Fsp3) is 1.00. The second-order valence-electron chi connectivity index (χ2n) is 5.93. The van der Waals surface area contributed by atoms with Gasteiger partial charge in [0.15, 0.2) is 0 Å². The van der Waals surface area contributed by atoms with E-state index in [9.17, 15) is 0 Å². The molecule has 0 saturated heterocycles. The summed E-state index contributed by atoms with van der Waals surface area (Å²) in [5.41, 5.74) is 0.783. The molecule has 0 heterocycles. The summed E-state index contributed by atoms with van der Waals surface area (Å²) >= 11 is 0. The van der Waals surface area contributed by atoms with Gasteiger partial charge in [0.25, 0.3) is 0 Å². The minimum Gasteiger partial charge on any atom is -0.394 e. The molecule has 0 aromatic heterocycles. The number of hydrogen-bond acceptors (Lipinski definition) is 2. The quantitative estimate of drug-likeness (QED) is 0.656. The van der Waals surface area contributed by atoms with E-state index in [1.54, 1.807) is 0 Å². The molecule has 100 valence electrons. The third kappa shape index (κ3) is 2.47. The van der Waals surface area contributed by atoms with Gasteiger partial charge in [-0.1, -0.05) is 26.2 Å². The topological polar surface area (TPSA) is 18.5 Å². The molecule has 3 heteroatoms. The molecule has 2 fully saturated rings. The Hall–Kier alpha value is 0.137. The van der Waals surface area contributed by atoms with Gasteiger partial charge in [0.05, 0.1) is 0 Å². The van der Waals surface area contributed by atoms with Gasteiger partial charge in [0.1, 0.15) is 0 Å². The summed E-state index contributed by atoms with van der Waals surface area (Å²) in [5, 5.41) is 0.373. The van der Waals surface area contributed by atoms with Crippen LogP contribution in [0.4, 0.5) is 0 Å². The van der Waals surface area contributed by atoms with Crippen molar-refractivity contribution in [3.63, 3.8) is 0 Å². The lowest BCUT2D eigenvalue weighted by Gasteiger charge is -2.47. The van der Waals surface area contributed by atoms with Crippen LogP contribution < -0.4 is 0 Å². The fourth-order valence-electron chi connectivity index (χ4n) is 3.69. The van der Waals surface area contributed by atoms with Crippen molar-refractivity contribution in [1.29, 1.82) is 0 Å². The van der Waals surface area contributed by atoms with Crippen LogP contribution in [0.3, 0.4) is 0 Å². The first-order valence-electron chi connectivity index (χ1n) is 7.46. The first kappa shape index (κ1) is 13.6. The zero-order chi connectivity index (χ0) is 12.4. The Balaban J connectivity index is 2.22. The molecule has 17 heavy (non-hydrogen) atoms. The van der Waals surface area contributed by atoms with Gasteiger partial charge in [-0.25, -0.2) is 0 Å². The van der Waals surface area contributed by atoms with Gasteiger partial charge in [-0.2, -0.15) is 0 Å². The van der Waals surface area contributed by atoms with Gasteiger partial charge >= 0.3 is 8.56 Å². The summed E-state index contributed by atoms with van der Waals surface area (Å²) in [6, 6.07) is 0. The van der Waals surface area contributed by atoms with E-state index in [0.29, 0.717) is 5.04 Å². The fourth-order valence-corrected chi connectivity index (χ4v) is 8.76. The molecule has 0 N–H and O–H groups in total. The van der Waals surface area contributed by atoms with Gasteiger partial charge in [-0.15, -0.1) is 0 Å². The first-order valence-corrected chi connectivity index (χ1v) is 9.36. The second kappa shape index (κ2) is 5.41. The largest absolute Gasteiger partial charge is 0.394 e. The molecule has 0 aliphatic heterocycles. The molecule has 2 rings (SSSR count). The zero-order valence-corrected chi connectivity index (χ0v) is 12.8. The van der Waals surface area contributed by atoms with Crippen LogP contribution in [-0.2, 0) is 8.85 Å². The van der Waals surface area contributed by atoms with E-state index in [0.717, 1.165) is 18.8 Å². The van der Waals surface area contributed by atoms with Crippen LogP contribution in [0.2, 0.25) is 10.6 Å². The molecular weight excluding hydrogens is 228 g/mol. The van der Waals surface area contributed by atoms with E-state index in [1.807, 2.05) is 0 Å². The summed E-state index contributed by atoms with van der Waals surface area (Å²) in [6.07, 6.45) is 9.51. The molecule has 0 atom stereocenters. The summed E-state index contributed by atoms with van der Waals surface area (Å²) in [6.45, 7) is 8.39. The molecule has 2 aliphatic rings. The van der Waals surface area contributed by atoms with Crippen LogP contribution in [0.1, 0.15) is 65.7 Å². The molecular formula is C14H28O2Si. The van der Waals surface area contributed by atoms with Crippen LogP contribution in [0.5, 0.6) is 0 Å². The van der Waals surface area contributed by atoms with Crippen molar-refractivity contribution in [1.82, 2.24) is 0 Å². The van der Waals surface area contributed by atoms with Crippen molar-refractivity contribution in [2.75, 3.05) is 13.2 Å². The molecule has 0 spiro atoms. The Bertz CT molecular complexity index is 239. The second-order valence-corrected chi connectivity index (χ2v) is 9.87. The molecule has 0 amide bonds. The van der Waals surface area contributed by atoms with E-state index < -0.39 is 8.56 Å². The maximum absolute atomic E-state index is 6.35. The van der Waals surface area contributed by atoms with Crippen LogP contribution >= 0.6 is 0 Å². The minimum atomic E-state index is -1.99. The van der Waals surface area contributed by atoms with E-state index >= 15 is 0 Å². The smallest absolute Gasteiger partial charge is 0.347 e. The Kier molecular flexibility index (Phi) is 4.32. The number of rotatable bonds is 6. The Morgan fingerprint density at radius 3 is 1.94 bits per heavy atom. The standard InChI is InChI=1S/C14H28O2Si/c1-4-15-17(16-5-2,13-9-10-13)14(3)11-7-6-8-12-14/h13H,4-12H2,1-3H3. The summed E-state index contributed by atoms with van der Waals surface area (Å²) in [5.74, 6) is 0. The highest BCUT2D eigenvalue weighted by atomic mass is 28.4. The van der Waals surface area contributed by atoms with E-state index in [-0.39, 0.29) is 0 Å². The monoisotopic (exact) mass is 256 g/mol. The minimum absolute atomic E-state index is 0.373. The maximum atomic E-state index is 6.35. The number of hydrogen-bond donors (Lipinski definition) is 0. The average molecular weight is 256 g/mol. The van der Waals surface area contributed by atoms with Gasteiger partial charge < -0.3 is 8.85 Å². The van der Waals surface area contributed by atoms with E-state index in [2.05, 4.69) is 20.8 Å². The Labute approximate surface area is 107 Å². The van der Waals surface area contributed by atoms with Gasteiger partial charge in [-0.05, 0) is 39.5 Å².